The van der Waals surface area contributed by atoms with Crippen molar-refractivity contribution in [1.82, 2.24) is 0 Å². The van der Waals surface area contributed by atoms with E-state index in [0.717, 1.165) is 25.7 Å². The second-order valence-corrected chi connectivity index (χ2v) is 2.77. The highest BCUT2D eigenvalue weighted by molar-refractivity contribution is 5.04. The Hall–Kier alpha value is -0.480. The lowest BCUT2D eigenvalue weighted by Crippen LogP contribution is -2.17. The van der Waals surface area contributed by atoms with Crippen molar-refractivity contribution in [2.45, 2.75) is 25.7 Å². The van der Waals surface area contributed by atoms with E-state index in [1.165, 1.54) is 0 Å². The molecule has 1 radical (unpaired) electrons. The van der Waals surface area contributed by atoms with Crippen LogP contribution in [0.5, 0.6) is 0 Å². The minimum atomic E-state index is -0.250. The van der Waals surface area contributed by atoms with Gasteiger partial charge in [0.1, 0.15) is 0 Å². The minimum Gasteiger partial charge on any atom is -0.395 e. The molecule has 0 aromatic carbocycles. The van der Waals surface area contributed by atoms with Crippen molar-refractivity contribution in [2.24, 2.45) is 5.41 Å². The molecule has 1 rings (SSSR count). The summed E-state index contributed by atoms with van der Waals surface area (Å²) < 4.78 is 0. The van der Waals surface area contributed by atoms with Crippen molar-refractivity contribution in [3.05, 3.63) is 6.42 Å². The average Bonchev–Trinajstić information content (AvgIpc) is 2.36. The van der Waals surface area contributed by atoms with Gasteiger partial charge in [0, 0.05) is 0 Å². The molecule has 9 heavy (non-hydrogen) atoms. The van der Waals surface area contributed by atoms with Gasteiger partial charge in [-0.25, -0.2) is 0 Å². The zero-order valence-electron chi connectivity index (χ0n) is 5.48. The zero-order chi connectivity index (χ0) is 6.74. The molecule has 1 nitrogen and oxygen atoms in total. The normalized spacial score (nSPS) is 23.6. The van der Waals surface area contributed by atoms with Crippen LogP contribution in [0.1, 0.15) is 25.7 Å². The first kappa shape index (κ1) is 6.64. The van der Waals surface area contributed by atoms with Gasteiger partial charge in [-0.05, 0) is 19.3 Å². The third kappa shape index (κ3) is 1.09. The molecule has 0 aromatic heterocycles. The number of hydrogen-bond acceptors (Lipinski definition) is 1. The van der Waals surface area contributed by atoms with Crippen LogP contribution >= 0.6 is 0 Å². The van der Waals surface area contributed by atoms with E-state index < -0.39 is 0 Å². The SMILES string of the molecule is [C]#CC1(CO)CCCC1. The number of hydrogen-bond donors (Lipinski definition) is 1. The fourth-order valence-corrected chi connectivity index (χ4v) is 1.37. The Balaban J connectivity index is 2.59. The van der Waals surface area contributed by atoms with E-state index in [1.54, 1.807) is 0 Å². The fraction of sp³-hybridized carbons (Fsp3) is 0.750. The summed E-state index contributed by atoms with van der Waals surface area (Å²) >= 11 is 0. The molecule has 1 N–H and O–H groups in total. The molecule has 1 saturated carbocycles. The second-order valence-electron chi connectivity index (χ2n) is 2.77. The molecule has 0 aliphatic heterocycles. The van der Waals surface area contributed by atoms with Crippen LogP contribution in [0.2, 0.25) is 0 Å². The summed E-state index contributed by atoms with van der Waals surface area (Å²) in [5.41, 5.74) is -0.250. The Morgan fingerprint density at radius 1 is 1.44 bits per heavy atom. The van der Waals surface area contributed by atoms with Gasteiger partial charge < -0.3 is 5.11 Å². The molecule has 1 aliphatic carbocycles. The summed E-state index contributed by atoms with van der Waals surface area (Å²) in [6.45, 7) is 0.108. The lowest BCUT2D eigenvalue weighted by molar-refractivity contribution is 0.182. The van der Waals surface area contributed by atoms with E-state index in [0.29, 0.717) is 0 Å². The summed E-state index contributed by atoms with van der Waals surface area (Å²) in [4.78, 5) is 0. The van der Waals surface area contributed by atoms with Gasteiger partial charge in [-0.15, -0.1) is 0 Å². The molecule has 1 fully saturated rings. The predicted octanol–water partition coefficient (Wildman–Crippen LogP) is 1.13. The summed E-state index contributed by atoms with van der Waals surface area (Å²) in [6.07, 6.45) is 11.1. The first-order chi connectivity index (χ1) is 4.33. The summed E-state index contributed by atoms with van der Waals surface area (Å²) in [7, 11) is 0. The predicted molar refractivity (Wildman–Crippen MR) is 35.1 cm³/mol. The molecule has 0 saturated heterocycles. The van der Waals surface area contributed by atoms with Crippen molar-refractivity contribution < 1.29 is 5.11 Å². The Bertz CT molecular complexity index is 126. The first-order valence-electron chi connectivity index (χ1n) is 3.38. The maximum atomic E-state index is 8.83. The molecule has 0 bridgehead atoms. The van der Waals surface area contributed by atoms with Gasteiger partial charge in [0.2, 0.25) is 0 Å². The van der Waals surface area contributed by atoms with Gasteiger partial charge in [-0.1, -0.05) is 18.8 Å². The van der Waals surface area contributed by atoms with Crippen molar-refractivity contribution in [3.8, 4) is 5.92 Å². The van der Waals surface area contributed by atoms with Gasteiger partial charge in [0.25, 0.3) is 0 Å². The smallest absolute Gasteiger partial charge is 0.0597 e. The summed E-state index contributed by atoms with van der Waals surface area (Å²) in [5, 5.41) is 8.83. The number of aliphatic hydroxyl groups is 1. The molecule has 0 heterocycles. The van der Waals surface area contributed by atoms with Crippen LogP contribution in [-0.2, 0) is 0 Å². The Morgan fingerprint density at radius 2 is 2.00 bits per heavy atom. The molecule has 49 valence electrons. The standard InChI is InChI=1S/C8H11O/c1-2-8(7-9)5-3-4-6-8/h9H,3-7H2. The van der Waals surface area contributed by atoms with Crippen molar-refractivity contribution in [1.29, 1.82) is 0 Å². The van der Waals surface area contributed by atoms with Crippen LogP contribution in [0.4, 0.5) is 0 Å². The van der Waals surface area contributed by atoms with Crippen molar-refractivity contribution in [3.63, 3.8) is 0 Å². The molecule has 0 aromatic rings. The van der Waals surface area contributed by atoms with Gasteiger partial charge >= 0.3 is 0 Å². The monoisotopic (exact) mass is 123 g/mol. The minimum absolute atomic E-state index is 0.108. The molecule has 0 spiro atoms. The first-order valence-corrected chi connectivity index (χ1v) is 3.38. The highest BCUT2D eigenvalue weighted by atomic mass is 16.3. The summed E-state index contributed by atoms with van der Waals surface area (Å²) in [6, 6.07) is 0. The van der Waals surface area contributed by atoms with Crippen LogP contribution in [0, 0.1) is 17.8 Å². The van der Waals surface area contributed by atoms with Gasteiger partial charge in [0.15, 0.2) is 0 Å². The van der Waals surface area contributed by atoms with Crippen LogP contribution in [0.15, 0.2) is 0 Å². The maximum Gasteiger partial charge on any atom is 0.0597 e. The largest absolute Gasteiger partial charge is 0.395 e. The summed E-state index contributed by atoms with van der Waals surface area (Å²) in [5.74, 6) is 2.43. The van der Waals surface area contributed by atoms with Crippen molar-refractivity contribution >= 4 is 0 Å². The lowest BCUT2D eigenvalue weighted by atomic mass is 9.89. The molecule has 0 amide bonds. The van der Waals surface area contributed by atoms with Gasteiger partial charge in [0.05, 0.1) is 12.0 Å². The van der Waals surface area contributed by atoms with E-state index in [4.69, 9.17) is 11.5 Å². The topological polar surface area (TPSA) is 20.2 Å². The number of rotatable bonds is 1. The molecular formula is C8H11O. The third-order valence-electron chi connectivity index (χ3n) is 2.13. The van der Waals surface area contributed by atoms with E-state index in [9.17, 15) is 0 Å². The Kier molecular flexibility index (Phi) is 1.78. The number of aliphatic hydroxyl groups excluding tert-OH is 1. The third-order valence-corrected chi connectivity index (χ3v) is 2.13. The zero-order valence-corrected chi connectivity index (χ0v) is 5.48. The maximum absolute atomic E-state index is 8.83. The molecule has 0 atom stereocenters. The van der Waals surface area contributed by atoms with Crippen LogP contribution < -0.4 is 0 Å². The molecule has 0 unspecified atom stereocenters. The quantitative estimate of drug-likeness (QED) is 0.518. The van der Waals surface area contributed by atoms with Gasteiger partial charge in [-0.3, -0.25) is 0 Å². The molecule has 1 heteroatoms. The van der Waals surface area contributed by atoms with E-state index in [2.05, 4.69) is 5.92 Å². The van der Waals surface area contributed by atoms with Crippen LogP contribution in [-0.4, -0.2) is 11.7 Å². The molecular weight excluding hydrogens is 112 g/mol. The van der Waals surface area contributed by atoms with Gasteiger partial charge in [-0.2, -0.15) is 0 Å². The van der Waals surface area contributed by atoms with Crippen molar-refractivity contribution in [2.75, 3.05) is 6.61 Å². The fourth-order valence-electron chi connectivity index (χ4n) is 1.37. The Labute approximate surface area is 56.1 Å². The van der Waals surface area contributed by atoms with E-state index in [-0.39, 0.29) is 12.0 Å². The average molecular weight is 123 g/mol. The Morgan fingerprint density at radius 3 is 2.22 bits per heavy atom. The second kappa shape index (κ2) is 2.41. The highest BCUT2D eigenvalue weighted by Crippen LogP contribution is 2.36. The van der Waals surface area contributed by atoms with Crippen LogP contribution in [0.25, 0.3) is 0 Å². The highest BCUT2D eigenvalue weighted by Gasteiger charge is 2.30. The lowest BCUT2D eigenvalue weighted by Gasteiger charge is -2.17. The van der Waals surface area contributed by atoms with E-state index in [1.807, 2.05) is 0 Å². The van der Waals surface area contributed by atoms with Crippen LogP contribution in [0.3, 0.4) is 0 Å². The molecule has 1 aliphatic rings. The van der Waals surface area contributed by atoms with E-state index >= 15 is 0 Å².